The summed E-state index contributed by atoms with van der Waals surface area (Å²) in [6, 6.07) is 2.08. The van der Waals surface area contributed by atoms with Crippen molar-refractivity contribution in [3.63, 3.8) is 0 Å². The van der Waals surface area contributed by atoms with Crippen molar-refractivity contribution in [2.75, 3.05) is 18.5 Å². The fourth-order valence-corrected chi connectivity index (χ4v) is 3.44. The number of hydrogen-bond acceptors (Lipinski definition) is 6. The summed E-state index contributed by atoms with van der Waals surface area (Å²) in [6.45, 7) is 8.14. The molecule has 144 valence electrons. The molecule has 1 fully saturated rings. The van der Waals surface area contributed by atoms with Crippen molar-refractivity contribution in [1.29, 1.82) is 0 Å². The molecule has 0 saturated carbocycles. The SMILES string of the molecule is [C-]#[N+]C1CCOCC1n1cc(C(N)=O)c(Nc2cc(F)c3c(c2)B(O)OC3)n1. The molecule has 2 atom stereocenters. The van der Waals surface area contributed by atoms with Crippen LogP contribution in [0, 0.1) is 12.4 Å². The van der Waals surface area contributed by atoms with Crippen molar-refractivity contribution < 1.29 is 23.6 Å². The number of fused-ring (bicyclic) bond motifs is 1. The lowest BCUT2D eigenvalue weighted by Crippen LogP contribution is -2.32. The second-order valence-electron chi connectivity index (χ2n) is 6.68. The van der Waals surface area contributed by atoms with E-state index in [9.17, 15) is 14.2 Å². The topological polar surface area (TPSA) is 116 Å². The molecule has 0 bridgehead atoms. The maximum absolute atomic E-state index is 14.3. The first-order valence-corrected chi connectivity index (χ1v) is 8.70. The van der Waals surface area contributed by atoms with Crippen molar-refractivity contribution in [2.24, 2.45) is 5.73 Å². The van der Waals surface area contributed by atoms with Crippen molar-refractivity contribution >= 4 is 30.0 Å². The lowest BCUT2D eigenvalue weighted by Gasteiger charge is -2.23. The second-order valence-corrected chi connectivity index (χ2v) is 6.68. The van der Waals surface area contributed by atoms with Crippen LogP contribution in [0.25, 0.3) is 4.85 Å². The zero-order chi connectivity index (χ0) is 19.8. The van der Waals surface area contributed by atoms with Crippen LogP contribution in [-0.4, -0.2) is 47.1 Å². The van der Waals surface area contributed by atoms with Gasteiger partial charge in [0.15, 0.2) is 5.82 Å². The predicted octanol–water partition coefficient (Wildman–Crippen LogP) is 0.332. The highest BCUT2D eigenvalue weighted by molar-refractivity contribution is 6.61. The average Bonchev–Trinajstić information content (AvgIpc) is 3.26. The quantitative estimate of drug-likeness (QED) is 0.516. The Bertz CT molecular complexity index is 975. The average molecular weight is 385 g/mol. The van der Waals surface area contributed by atoms with Gasteiger partial charge in [-0.1, -0.05) is 0 Å². The van der Waals surface area contributed by atoms with E-state index in [-0.39, 0.29) is 41.3 Å². The molecule has 4 N–H and O–H groups in total. The molecular weight excluding hydrogens is 368 g/mol. The number of rotatable bonds is 4. The first-order valence-electron chi connectivity index (χ1n) is 8.70. The van der Waals surface area contributed by atoms with Crippen LogP contribution in [0.15, 0.2) is 18.3 Å². The Hall–Kier alpha value is -2.94. The van der Waals surface area contributed by atoms with Crippen molar-refractivity contribution in [3.8, 4) is 0 Å². The normalized spacial score (nSPS) is 21.2. The third kappa shape index (κ3) is 3.22. The Morgan fingerprint density at radius 2 is 2.36 bits per heavy atom. The Kier molecular flexibility index (Phi) is 4.76. The molecule has 0 aliphatic carbocycles. The molecule has 0 radical (unpaired) electrons. The number of anilines is 2. The van der Waals surface area contributed by atoms with Gasteiger partial charge in [0.05, 0.1) is 19.8 Å². The molecule has 2 aliphatic heterocycles. The number of hydrogen-bond donors (Lipinski definition) is 3. The number of primary amides is 1. The van der Waals surface area contributed by atoms with Crippen LogP contribution < -0.4 is 16.5 Å². The first-order chi connectivity index (χ1) is 13.5. The van der Waals surface area contributed by atoms with Gasteiger partial charge in [0.2, 0.25) is 6.04 Å². The molecule has 1 amide bonds. The Labute approximate surface area is 160 Å². The van der Waals surface area contributed by atoms with Crippen LogP contribution in [0.4, 0.5) is 15.9 Å². The smallest absolute Gasteiger partial charge is 0.423 e. The number of nitrogens with one attached hydrogen (secondary N) is 1. The van der Waals surface area contributed by atoms with Gasteiger partial charge in [-0.15, -0.1) is 0 Å². The highest BCUT2D eigenvalue weighted by Crippen LogP contribution is 2.27. The summed E-state index contributed by atoms with van der Waals surface area (Å²) in [5, 5.41) is 17.1. The van der Waals surface area contributed by atoms with E-state index in [4.69, 9.17) is 21.7 Å². The Morgan fingerprint density at radius 3 is 3.11 bits per heavy atom. The van der Waals surface area contributed by atoms with Gasteiger partial charge in [-0.3, -0.25) is 9.48 Å². The number of carbonyl (C=O) groups excluding carboxylic acids is 1. The van der Waals surface area contributed by atoms with Gasteiger partial charge in [-0.2, -0.15) is 5.10 Å². The van der Waals surface area contributed by atoms with E-state index in [0.717, 1.165) is 0 Å². The number of ether oxygens (including phenoxy) is 1. The van der Waals surface area contributed by atoms with Crippen molar-refractivity contribution in [3.05, 3.63) is 46.7 Å². The van der Waals surface area contributed by atoms with Crippen LogP contribution in [0.1, 0.15) is 28.4 Å². The lowest BCUT2D eigenvalue weighted by molar-refractivity contribution is 0.0506. The highest BCUT2D eigenvalue weighted by atomic mass is 19.1. The summed E-state index contributed by atoms with van der Waals surface area (Å²) in [6.07, 6.45) is 2.03. The third-order valence-electron chi connectivity index (χ3n) is 4.94. The standard InChI is InChI=1S/C17H17BFN5O4/c1-21-14-2-3-27-8-15(14)24-6-10(16(20)25)17(23-24)22-9-4-12-11(13(19)5-9)7-28-18(12)26/h4-6,14-15,26H,2-3,7-8H2,(H2,20,25)(H,22,23). The fraction of sp³-hybridized carbons (Fsp3) is 0.353. The Balaban J connectivity index is 1.68. The first kappa shape index (κ1) is 18.4. The van der Waals surface area contributed by atoms with Gasteiger partial charge in [0, 0.05) is 23.9 Å². The molecule has 3 heterocycles. The molecule has 28 heavy (non-hydrogen) atoms. The zero-order valence-corrected chi connectivity index (χ0v) is 14.8. The monoisotopic (exact) mass is 385 g/mol. The maximum atomic E-state index is 14.3. The largest absolute Gasteiger partial charge is 0.491 e. The van der Waals surface area contributed by atoms with Gasteiger partial charge < -0.3 is 30.3 Å². The van der Waals surface area contributed by atoms with Gasteiger partial charge in [-0.25, -0.2) is 11.0 Å². The molecule has 1 saturated heterocycles. The van der Waals surface area contributed by atoms with Crippen molar-refractivity contribution in [1.82, 2.24) is 9.78 Å². The minimum absolute atomic E-state index is 0.0104. The number of nitrogens with two attached hydrogens (primary N) is 1. The number of aromatic nitrogens is 2. The van der Waals surface area contributed by atoms with Crippen LogP contribution >= 0.6 is 0 Å². The number of benzene rings is 1. The molecule has 1 aromatic carbocycles. The van der Waals surface area contributed by atoms with Crippen LogP contribution in [-0.2, 0) is 16.0 Å². The molecule has 9 nitrogen and oxygen atoms in total. The lowest BCUT2D eigenvalue weighted by atomic mass is 9.79. The van der Waals surface area contributed by atoms with Crippen LogP contribution in [0.5, 0.6) is 0 Å². The van der Waals surface area contributed by atoms with E-state index in [1.54, 1.807) is 0 Å². The summed E-state index contributed by atoms with van der Waals surface area (Å²) in [5.74, 6) is -1.12. The molecule has 2 aliphatic rings. The highest BCUT2D eigenvalue weighted by Gasteiger charge is 2.34. The van der Waals surface area contributed by atoms with E-state index in [1.807, 2.05) is 0 Å². The number of halogens is 1. The molecule has 0 spiro atoms. The van der Waals surface area contributed by atoms with E-state index >= 15 is 0 Å². The molecular formula is C17H17BFN5O4. The van der Waals surface area contributed by atoms with Crippen LogP contribution in [0.2, 0.25) is 0 Å². The number of carbonyl (C=O) groups is 1. The van der Waals surface area contributed by atoms with Gasteiger partial charge in [0.25, 0.3) is 5.91 Å². The molecule has 2 aromatic rings. The van der Waals surface area contributed by atoms with E-state index in [0.29, 0.717) is 25.1 Å². The van der Waals surface area contributed by atoms with E-state index in [2.05, 4.69) is 15.3 Å². The van der Waals surface area contributed by atoms with E-state index in [1.165, 1.54) is 23.0 Å². The van der Waals surface area contributed by atoms with Crippen LogP contribution in [0.3, 0.4) is 0 Å². The molecule has 2 unspecified atom stereocenters. The second kappa shape index (κ2) is 7.24. The molecule has 11 heteroatoms. The summed E-state index contributed by atoms with van der Waals surface area (Å²) >= 11 is 0. The van der Waals surface area contributed by atoms with Crippen molar-refractivity contribution in [2.45, 2.75) is 25.1 Å². The van der Waals surface area contributed by atoms with Gasteiger partial charge in [-0.05, 0) is 17.6 Å². The predicted molar refractivity (Wildman–Crippen MR) is 97.7 cm³/mol. The van der Waals surface area contributed by atoms with E-state index < -0.39 is 18.8 Å². The number of nitrogens with zero attached hydrogens (tertiary/aromatic N) is 3. The Morgan fingerprint density at radius 1 is 1.54 bits per heavy atom. The summed E-state index contributed by atoms with van der Waals surface area (Å²) in [5.41, 5.74) is 6.46. The number of amides is 1. The zero-order valence-electron chi connectivity index (χ0n) is 14.8. The summed E-state index contributed by atoms with van der Waals surface area (Å²) < 4.78 is 26.2. The minimum Gasteiger partial charge on any atom is -0.423 e. The minimum atomic E-state index is -1.21. The third-order valence-corrected chi connectivity index (χ3v) is 4.94. The molecule has 4 rings (SSSR count). The summed E-state index contributed by atoms with van der Waals surface area (Å²) in [7, 11) is -1.21. The van der Waals surface area contributed by atoms with Gasteiger partial charge >= 0.3 is 7.12 Å². The summed E-state index contributed by atoms with van der Waals surface area (Å²) in [4.78, 5) is 15.5. The van der Waals surface area contributed by atoms with Gasteiger partial charge in [0.1, 0.15) is 17.4 Å². The maximum Gasteiger partial charge on any atom is 0.491 e. The fourth-order valence-electron chi connectivity index (χ4n) is 3.44. The molecule has 1 aromatic heterocycles.